The zero-order chi connectivity index (χ0) is 17.9. The fourth-order valence-corrected chi connectivity index (χ4v) is 2.75. The molecule has 132 valence electrons. The first-order valence-corrected chi connectivity index (χ1v) is 8.04. The van der Waals surface area contributed by atoms with E-state index < -0.39 is 11.7 Å². The number of anilines is 1. The van der Waals surface area contributed by atoms with Crippen LogP contribution in [0.3, 0.4) is 0 Å². The molecule has 0 aliphatic carbocycles. The summed E-state index contributed by atoms with van der Waals surface area (Å²) in [5, 5.41) is 2.90. The van der Waals surface area contributed by atoms with Gasteiger partial charge in [-0.1, -0.05) is 24.3 Å². The first kappa shape index (κ1) is 17.3. The molecule has 0 atom stereocenters. The van der Waals surface area contributed by atoms with Gasteiger partial charge < -0.3 is 10.2 Å². The van der Waals surface area contributed by atoms with E-state index in [0.717, 1.165) is 42.4 Å². The topological polar surface area (TPSA) is 45.2 Å². The summed E-state index contributed by atoms with van der Waals surface area (Å²) in [4.78, 5) is 17.4. The van der Waals surface area contributed by atoms with Gasteiger partial charge in [0.1, 0.15) is 5.82 Å². The van der Waals surface area contributed by atoms with Crippen LogP contribution in [0.25, 0.3) is 0 Å². The average Bonchev–Trinajstić information content (AvgIpc) is 2.99. The molecule has 1 aromatic heterocycles. The zero-order valence-electron chi connectivity index (χ0n) is 13.5. The molecule has 1 aliphatic heterocycles. The number of rotatable bonds is 5. The summed E-state index contributed by atoms with van der Waals surface area (Å²) in [5.41, 5.74) is 1.24. The van der Waals surface area contributed by atoms with Crippen molar-refractivity contribution < 1.29 is 18.0 Å². The van der Waals surface area contributed by atoms with Gasteiger partial charge in [0, 0.05) is 32.3 Å². The summed E-state index contributed by atoms with van der Waals surface area (Å²) in [6, 6.07) is 9.60. The molecular weight excluding hydrogens is 331 g/mol. The van der Waals surface area contributed by atoms with Crippen molar-refractivity contribution in [3.63, 3.8) is 0 Å². The van der Waals surface area contributed by atoms with Crippen molar-refractivity contribution >= 4 is 11.7 Å². The molecule has 2 aromatic rings. The van der Waals surface area contributed by atoms with E-state index in [2.05, 4.69) is 10.3 Å². The number of nitrogens with one attached hydrogen (secondary N) is 1. The molecule has 2 heterocycles. The Morgan fingerprint density at radius 2 is 1.84 bits per heavy atom. The van der Waals surface area contributed by atoms with E-state index in [9.17, 15) is 18.0 Å². The van der Waals surface area contributed by atoms with Crippen LogP contribution in [-0.4, -0.2) is 22.3 Å². The van der Waals surface area contributed by atoms with Gasteiger partial charge in [-0.15, -0.1) is 0 Å². The van der Waals surface area contributed by atoms with Gasteiger partial charge in [-0.05, 0) is 29.7 Å². The highest BCUT2D eigenvalue weighted by Crippen LogP contribution is 2.30. The predicted molar refractivity (Wildman–Crippen MR) is 87.7 cm³/mol. The molecule has 1 fully saturated rings. The van der Waals surface area contributed by atoms with Crippen molar-refractivity contribution in [3.05, 3.63) is 59.3 Å². The Morgan fingerprint density at radius 1 is 1.12 bits per heavy atom. The smallest absolute Gasteiger partial charge is 0.366 e. The number of hydrogen-bond donors (Lipinski definition) is 1. The Balaban J connectivity index is 1.58. The highest BCUT2D eigenvalue weighted by Gasteiger charge is 2.30. The second kappa shape index (κ2) is 7.13. The van der Waals surface area contributed by atoms with E-state index in [0.29, 0.717) is 19.5 Å². The van der Waals surface area contributed by atoms with Gasteiger partial charge in [0.15, 0.2) is 0 Å². The van der Waals surface area contributed by atoms with Gasteiger partial charge in [0.05, 0.1) is 5.56 Å². The Labute approximate surface area is 143 Å². The third kappa shape index (κ3) is 4.49. The van der Waals surface area contributed by atoms with Crippen LogP contribution in [0.5, 0.6) is 0 Å². The Morgan fingerprint density at radius 3 is 2.48 bits per heavy atom. The monoisotopic (exact) mass is 349 g/mol. The van der Waals surface area contributed by atoms with Crippen LogP contribution in [0.15, 0.2) is 42.6 Å². The minimum Gasteiger partial charge on any atom is -0.366 e. The molecule has 0 saturated carbocycles. The number of hydrogen-bond acceptors (Lipinski definition) is 3. The maximum atomic E-state index is 12.7. The van der Waals surface area contributed by atoms with E-state index in [-0.39, 0.29) is 11.7 Å². The van der Waals surface area contributed by atoms with E-state index in [1.165, 1.54) is 0 Å². The third-order valence-corrected chi connectivity index (χ3v) is 4.13. The second-order valence-electron chi connectivity index (χ2n) is 6.02. The Hall–Kier alpha value is -2.57. The maximum Gasteiger partial charge on any atom is 0.416 e. The number of likely N-dealkylation sites (tertiary alicyclic amines) is 1. The van der Waals surface area contributed by atoms with Crippen LogP contribution in [0.2, 0.25) is 0 Å². The standard InChI is InChI=1S/C18H18F3N3O/c19-18(20,21)15-7-8-22-16(10-15)23-11-13-3-5-14(6-4-13)12-24-9-1-2-17(24)25/h3-8,10H,1-2,9,11-12H2,(H,22,23). The van der Waals surface area contributed by atoms with E-state index in [4.69, 9.17) is 0 Å². The average molecular weight is 349 g/mol. The van der Waals surface area contributed by atoms with Crippen LogP contribution in [0, 0.1) is 0 Å². The quantitative estimate of drug-likeness (QED) is 0.892. The number of benzene rings is 1. The molecule has 0 bridgehead atoms. The first-order valence-electron chi connectivity index (χ1n) is 8.04. The fourth-order valence-electron chi connectivity index (χ4n) is 2.75. The highest BCUT2D eigenvalue weighted by molar-refractivity contribution is 5.78. The highest BCUT2D eigenvalue weighted by atomic mass is 19.4. The summed E-state index contributed by atoms with van der Waals surface area (Å²) in [6.07, 6.45) is -1.72. The van der Waals surface area contributed by atoms with E-state index in [1.807, 2.05) is 29.2 Å². The number of nitrogens with zero attached hydrogens (tertiary/aromatic N) is 2. The molecule has 1 aromatic carbocycles. The number of pyridine rings is 1. The summed E-state index contributed by atoms with van der Waals surface area (Å²) < 4.78 is 38.1. The van der Waals surface area contributed by atoms with Gasteiger partial charge >= 0.3 is 6.18 Å². The Kier molecular flexibility index (Phi) is 4.92. The van der Waals surface area contributed by atoms with Crippen LogP contribution >= 0.6 is 0 Å². The van der Waals surface area contributed by atoms with Crippen molar-refractivity contribution in [3.8, 4) is 0 Å². The molecule has 1 saturated heterocycles. The minimum atomic E-state index is -4.38. The van der Waals surface area contributed by atoms with Crippen LogP contribution < -0.4 is 5.32 Å². The first-order chi connectivity index (χ1) is 11.9. The number of aromatic nitrogens is 1. The van der Waals surface area contributed by atoms with E-state index >= 15 is 0 Å². The number of carbonyl (C=O) groups excluding carboxylic acids is 1. The third-order valence-electron chi connectivity index (χ3n) is 4.13. The fraction of sp³-hybridized carbons (Fsp3) is 0.333. The van der Waals surface area contributed by atoms with Crippen molar-refractivity contribution in [1.82, 2.24) is 9.88 Å². The summed E-state index contributed by atoms with van der Waals surface area (Å²) >= 11 is 0. The summed E-state index contributed by atoms with van der Waals surface area (Å²) in [7, 11) is 0. The van der Waals surface area contributed by atoms with Gasteiger partial charge in [0.2, 0.25) is 5.91 Å². The molecule has 25 heavy (non-hydrogen) atoms. The SMILES string of the molecule is O=C1CCCN1Cc1ccc(CNc2cc(C(F)(F)F)ccn2)cc1. The Bertz CT molecular complexity index is 744. The predicted octanol–water partition coefficient (Wildman–Crippen LogP) is 3.83. The molecular formula is C18H18F3N3O. The lowest BCUT2D eigenvalue weighted by atomic mass is 10.1. The molecule has 1 amide bonds. The van der Waals surface area contributed by atoms with Crippen molar-refractivity contribution in [2.45, 2.75) is 32.1 Å². The lowest BCUT2D eigenvalue weighted by molar-refractivity contribution is -0.137. The molecule has 3 rings (SSSR count). The van der Waals surface area contributed by atoms with Gasteiger partial charge in [0.25, 0.3) is 0 Å². The molecule has 0 spiro atoms. The molecule has 4 nitrogen and oxygen atoms in total. The van der Waals surface area contributed by atoms with Crippen LogP contribution in [0.4, 0.5) is 19.0 Å². The summed E-state index contributed by atoms with van der Waals surface area (Å²) in [5.74, 6) is 0.364. The van der Waals surface area contributed by atoms with Crippen molar-refractivity contribution in [2.75, 3.05) is 11.9 Å². The van der Waals surface area contributed by atoms with Gasteiger partial charge in [-0.25, -0.2) is 4.98 Å². The number of carbonyl (C=O) groups is 1. The molecule has 1 N–H and O–H groups in total. The lowest BCUT2D eigenvalue weighted by Crippen LogP contribution is -2.23. The van der Waals surface area contributed by atoms with Crippen molar-refractivity contribution in [2.24, 2.45) is 0 Å². The lowest BCUT2D eigenvalue weighted by Gasteiger charge is -2.15. The van der Waals surface area contributed by atoms with E-state index in [1.54, 1.807) is 0 Å². The molecule has 7 heteroatoms. The normalized spacial score (nSPS) is 14.8. The molecule has 1 aliphatic rings. The second-order valence-corrected chi connectivity index (χ2v) is 6.02. The molecule has 0 unspecified atom stereocenters. The number of alkyl halides is 3. The largest absolute Gasteiger partial charge is 0.416 e. The number of amides is 1. The minimum absolute atomic E-state index is 0.182. The van der Waals surface area contributed by atoms with Gasteiger partial charge in [-0.2, -0.15) is 13.2 Å². The van der Waals surface area contributed by atoms with Crippen molar-refractivity contribution in [1.29, 1.82) is 0 Å². The van der Waals surface area contributed by atoms with Crippen LogP contribution in [0.1, 0.15) is 29.5 Å². The number of halogens is 3. The van der Waals surface area contributed by atoms with Crippen LogP contribution in [-0.2, 0) is 24.1 Å². The summed E-state index contributed by atoms with van der Waals surface area (Å²) in [6.45, 7) is 1.77. The zero-order valence-corrected chi connectivity index (χ0v) is 13.5. The van der Waals surface area contributed by atoms with Gasteiger partial charge in [-0.3, -0.25) is 4.79 Å². The maximum absolute atomic E-state index is 12.7. The molecule has 0 radical (unpaired) electrons.